The van der Waals surface area contributed by atoms with Crippen LogP contribution < -0.4 is 5.32 Å². The van der Waals surface area contributed by atoms with Gasteiger partial charge in [-0.25, -0.2) is 4.98 Å². The van der Waals surface area contributed by atoms with Crippen LogP contribution in [0.2, 0.25) is 0 Å². The third-order valence-electron chi connectivity index (χ3n) is 2.63. The maximum atomic E-state index is 4.55. The fourth-order valence-corrected chi connectivity index (χ4v) is 3.01. The Morgan fingerprint density at radius 1 is 1.59 bits per heavy atom. The topological polar surface area (TPSA) is 42.7 Å². The van der Waals surface area contributed by atoms with Crippen molar-refractivity contribution >= 4 is 27.3 Å². The van der Waals surface area contributed by atoms with Crippen LogP contribution in [0.1, 0.15) is 29.4 Å². The van der Waals surface area contributed by atoms with E-state index < -0.39 is 0 Å². The van der Waals surface area contributed by atoms with E-state index in [0.29, 0.717) is 0 Å². The normalized spacial score (nSPS) is 12.9. The number of nitrogens with one attached hydrogen (secondary N) is 1. The summed E-state index contributed by atoms with van der Waals surface area (Å²) in [5, 5.41) is 10.8. The van der Waals surface area contributed by atoms with E-state index in [-0.39, 0.29) is 6.04 Å². The molecule has 1 unspecified atom stereocenters. The molecular weight excluding hydrogens is 300 g/mol. The summed E-state index contributed by atoms with van der Waals surface area (Å²) >= 11 is 5.22. The first kappa shape index (κ1) is 12.7. The molecule has 2 aromatic heterocycles. The molecule has 0 aromatic carbocycles. The van der Waals surface area contributed by atoms with Crippen LogP contribution >= 0.6 is 27.3 Å². The zero-order valence-electron chi connectivity index (χ0n) is 10.1. The highest BCUT2D eigenvalue weighted by Gasteiger charge is 2.21. The number of halogens is 1. The van der Waals surface area contributed by atoms with Crippen molar-refractivity contribution in [3.63, 3.8) is 0 Å². The van der Waals surface area contributed by atoms with Crippen LogP contribution in [0.5, 0.6) is 0 Å². The standard InChI is InChI=1S/C11H15BrN4S/c1-4-16-11(8(12)5-14-16)10(13-3)9-6-17-7(2)15-9/h5-6,10,13H,4H2,1-3H3. The van der Waals surface area contributed by atoms with Crippen LogP contribution in [0.4, 0.5) is 0 Å². The average Bonchev–Trinajstić information content (AvgIpc) is 2.89. The van der Waals surface area contributed by atoms with Gasteiger partial charge in [-0.1, -0.05) is 0 Å². The Morgan fingerprint density at radius 2 is 2.35 bits per heavy atom. The van der Waals surface area contributed by atoms with Crippen molar-refractivity contribution in [1.29, 1.82) is 0 Å². The Bertz CT molecular complexity index is 505. The third kappa shape index (κ3) is 2.43. The van der Waals surface area contributed by atoms with E-state index in [1.807, 2.05) is 24.9 Å². The number of aryl methyl sites for hydroxylation is 2. The van der Waals surface area contributed by atoms with Gasteiger partial charge in [0.15, 0.2) is 0 Å². The van der Waals surface area contributed by atoms with Crippen LogP contribution in [0.15, 0.2) is 16.0 Å². The Kier molecular flexibility index (Phi) is 3.96. The molecule has 2 aromatic rings. The predicted octanol–water partition coefficient (Wildman–Crippen LogP) is 2.74. The monoisotopic (exact) mass is 314 g/mol. The fraction of sp³-hybridized carbons (Fsp3) is 0.455. The lowest BCUT2D eigenvalue weighted by molar-refractivity contribution is 0.555. The van der Waals surface area contributed by atoms with Crippen LogP contribution in [-0.4, -0.2) is 21.8 Å². The van der Waals surface area contributed by atoms with Crippen molar-refractivity contribution in [2.24, 2.45) is 0 Å². The smallest absolute Gasteiger partial charge is 0.0939 e. The number of rotatable bonds is 4. The van der Waals surface area contributed by atoms with Gasteiger partial charge in [0.1, 0.15) is 0 Å². The lowest BCUT2D eigenvalue weighted by atomic mass is 10.1. The van der Waals surface area contributed by atoms with Crippen LogP contribution in [-0.2, 0) is 6.54 Å². The van der Waals surface area contributed by atoms with Crippen molar-refractivity contribution < 1.29 is 0 Å². The minimum absolute atomic E-state index is 0.0803. The molecule has 0 saturated heterocycles. The summed E-state index contributed by atoms with van der Waals surface area (Å²) in [4.78, 5) is 4.55. The molecule has 0 radical (unpaired) electrons. The first-order chi connectivity index (χ1) is 8.17. The summed E-state index contributed by atoms with van der Waals surface area (Å²) in [7, 11) is 1.94. The molecule has 0 saturated carbocycles. The lowest BCUT2D eigenvalue weighted by Crippen LogP contribution is -2.22. The molecule has 0 amide bonds. The highest BCUT2D eigenvalue weighted by atomic mass is 79.9. The minimum Gasteiger partial charge on any atom is -0.307 e. The average molecular weight is 315 g/mol. The molecule has 17 heavy (non-hydrogen) atoms. The van der Waals surface area contributed by atoms with E-state index in [4.69, 9.17) is 0 Å². The Hall–Kier alpha value is -0.720. The van der Waals surface area contributed by atoms with Gasteiger partial charge in [-0.3, -0.25) is 4.68 Å². The van der Waals surface area contributed by atoms with E-state index >= 15 is 0 Å². The van der Waals surface area contributed by atoms with Gasteiger partial charge in [0.05, 0.1) is 33.1 Å². The molecule has 0 aliphatic carbocycles. The summed E-state index contributed by atoms with van der Waals surface area (Å²) in [6.45, 7) is 4.96. The summed E-state index contributed by atoms with van der Waals surface area (Å²) < 4.78 is 3.00. The first-order valence-electron chi connectivity index (χ1n) is 5.47. The predicted molar refractivity (Wildman–Crippen MR) is 73.4 cm³/mol. The summed E-state index contributed by atoms with van der Waals surface area (Å²) in [5.41, 5.74) is 2.17. The van der Waals surface area contributed by atoms with Crippen molar-refractivity contribution in [3.8, 4) is 0 Å². The molecule has 0 aliphatic heterocycles. The van der Waals surface area contributed by atoms with E-state index in [1.54, 1.807) is 11.3 Å². The molecule has 0 aliphatic rings. The lowest BCUT2D eigenvalue weighted by Gasteiger charge is -2.16. The minimum atomic E-state index is 0.0803. The van der Waals surface area contributed by atoms with Crippen LogP contribution in [0.25, 0.3) is 0 Å². The highest BCUT2D eigenvalue weighted by Crippen LogP contribution is 2.28. The quantitative estimate of drug-likeness (QED) is 0.943. The molecule has 0 bridgehead atoms. The van der Waals surface area contributed by atoms with Crippen molar-refractivity contribution in [2.45, 2.75) is 26.4 Å². The van der Waals surface area contributed by atoms with Crippen LogP contribution in [0.3, 0.4) is 0 Å². The second-order valence-corrected chi connectivity index (χ2v) is 5.62. The van der Waals surface area contributed by atoms with Gasteiger partial charge >= 0.3 is 0 Å². The molecule has 2 rings (SSSR count). The van der Waals surface area contributed by atoms with E-state index in [2.05, 4.69) is 43.6 Å². The van der Waals surface area contributed by atoms with E-state index in [1.165, 1.54) is 0 Å². The molecule has 2 heterocycles. The molecule has 1 atom stereocenters. The van der Waals surface area contributed by atoms with Crippen molar-refractivity contribution in [2.75, 3.05) is 7.05 Å². The van der Waals surface area contributed by atoms with Gasteiger partial charge in [0, 0.05) is 11.9 Å². The summed E-state index contributed by atoms with van der Waals surface area (Å²) in [6, 6.07) is 0.0803. The number of hydrogen-bond acceptors (Lipinski definition) is 4. The molecule has 0 fully saturated rings. The maximum absolute atomic E-state index is 4.55. The van der Waals surface area contributed by atoms with E-state index in [0.717, 1.165) is 27.4 Å². The number of thiazole rings is 1. The van der Waals surface area contributed by atoms with Crippen molar-refractivity contribution in [3.05, 3.63) is 32.4 Å². The van der Waals surface area contributed by atoms with Gasteiger partial charge in [-0.15, -0.1) is 11.3 Å². The Balaban J connectivity index is 2.44. The summed E-state index contributed by atoms with van der Waals surface area (Å²) in [6.07, 6.45) is 1.84. The van der Waals surface area contributed by atoms with Gasteiger partial charge < -0.3 is 5.32 Å². The SMILES string of the molecule is CCn1ncc(Br)c1C(NC)c1csc(C)n1. The van der Waals surface area contributed by atoms with Gasteiger partial charge in [0.2, 0.25) is 0 Å². The summed E-state index contributed by atoms with van der Waals surface area (Å²) in [5.74, 6) is 0. The van der Waals surface area contributed by atoms with E-state index in [9.17, 15) is 0 Å². The third-order valence-corrected chi connectivity index (χ3v) is 4.03. The van der Waals surface area contributed by atoms with Crippen molar-refractivity contribution in [1.82, 2.24) is 20.1 Å². The Labute approximate surface area is 113 Å². The van der Waals surface area contributed by atoms with Gasteiger partial charge in [-0.05, 0) is 36.8 Å². The zero-order valence-corrected chi connectivity index (χ0v) is 12.5. The van der Waals surface area contributed by atoms with Crippen LogP contribution in [0, 0.1) is 6.92 Å². The Morgan fingerprint density at radius 3 is 2.88 bits per heavy atom. The zero-order chi connectivity index (χ0) is 12.4. The number of nitrogens with zero attached hydrogens (tertiary/aromatic N) is 3. The van der Waals surface area contributed by atoms with Gasteiger partial charge in [-0.2, -0.15) is 5.10 Å². The molecule has 0 spiro atoms. The highest BCUT2D eigenvalue weighted by molar-refractivity contribution is 9.10. The fourth-order valence-electron chi connectivity index (χ4n) is 1.85. The first-order valence-corrected chi connectivity index (χ1v) is 7.15. The number of hydrogen-bond donors (Lipinski definition) is 1. The second-order valence-electron chi connectivity index (χ2n) is 3.71. The molecule has 92 valence electrons. The largest absolute Gasteiger partial charge is 0.307 e. The molecule has 1 N–H and O–H groups in total. The second kappa shape index (κ2) is 5.29. The van der Waals surface area contributed by atoms with Gasteiger partial charge in [0.25, 0.3) is 0 Å². The molecular formula is C11H15BrN4S. The number of aromatic nitrogens is 3. The molecule has 4 nitrogen and oxygen atoms in total. The molecule has 6 heteroatoms. The maximum Gasteiger partial charge on any atom is 0.0939 e.